The number of methoxy groups -OCH3 is 2. The summed E-state index contributed by atoms with van der Waals surface area (Å²) in [5.41, 5.74) is 1.84. The monoisotopic (exact) mass is 580 g/mol. The fourth-order valence-electron chi connectivity index (χ4n) is 4.18. The average Bonchev–Trinajstić information content (AvgIpc) is 3.01. The van der Waals surface area contributed by atoms with Crippen LogP contribution in [0.2, 0.25) is 0 Å². The van der Waals surface area contributed by atoms with Gasteiger partial charge < -0.3 is 18.9 Å². The molecular weight excluding hydrogens is 528 g/mol. The molecular formula is C36H52O6. The summed E-state index contributed by atoms with van der Waals surface area (Å²) < 4.78 is 20.8. The van der Waals surface area contributed by atoms with Crippen LogP contribution in [0.3, 0.4) is 0 Å². The van der Waals surface area contributed by atoms with Crippen molar-refractivity contribution in [3.8, 4) is 0 Å². The van der Waals surface area contributed by atoms with Crippen LogP contribution in [0.5, 0.6) is 0 Å². The van der Waals surface area contributed by atoms with Gasteiger partial charge in [-0.2, -0.15) is 0 Å². The zero-order chi connectivity index (χ0) is 31.0. The van der Waals surface area contributed by atoms with Crippen molar-refractivity contribution in [1.82, 2.24) is 0 Å². The van der Waals surface area contributed by atoms with Gasteiger partial charge in [0.2, 0.25) is 11.5 Å². The fraction of sp³-hybridized carbons (Fsp3) is 0.500. The minimum absolute atomic E-state index is 0.239. The summed E-state index contributed by atoms with van der Waals surface area (Å²) in [6, 6.07) is 19.2. The molecule has 0 spiro atoms. The van der Waals surface area contributed by atoms with E-state index >= 15 is 0 Å². The van der Waals surface area contributed by atoms with Crippen LogP contribution >= 0.6 is 0 Å². The summed E-state index contributed by atoms with van der Waals surface area (Å²) in [4.78, 5) is 23.9. The molecule has 0 fully saturated rings. The van der Waals surface area contributed by atoms with Gasteiger partial charge in [0.05, 0.1) is 27.4 Å². The molecule has 2 rings (SSSR count). The van der Waals surface area contributed by atoms with Crippen LogP contribution in [0.1, 0.15) is 90.2 Å². The van der Waals surface area contributed by atoms with E-state index in [1.807, 2.05) is 60.7 Å². The highest BCUT2D eigenvalue weighted by molar-refractivity contribution is 5.92. The molecule has 0 saturated heterocycles. The van der Waals surface area contributed by atoms with Crippen molar-refractivity contribution in [2.75, 3.05) is 27.4 Å². The lowest BCUT2D eigenvalue weighted by Crippen LogP contribution is -2.11. The van der Waals surface area contributed by atoms with E-state index in [0.29, 0.717) is 13.2 Å². The Labute approximate surface area is 254 Å². The average molecular weight is 581 g/mol. The zero-order valence-electron chi connectivity index (χ0n) is 26.6. The highest BCUT2D eigenvalue weighted by Gasteiger charge is 2.13. The standard InChI is InChI=1S/2C18H26O3/c1-15(2)10-6-5-9-13-21-18(19)17(20-3)14-16-11-7-4-8-12-16;1-4-15(5-2)12-9-13-21-18(19)17(20-3)14-16-10-7-6-8-11-16/h4,7-8,11-12,14-15H,5-6,9-10,13H2,1-3H3;6-8,10-11,14-15H,4-5,9,12-13H2,1-3H3. The van der Waals surface area contributed by atoms with Gasteiger partial charge in [-0.3, -0.25) is 0 Å². The lowest BCUT2D eigenvalue weighted by Gasteiger charge is -2.12. The third kappa shape index (κ3) is 16.7. The smallest absolute Gasteiger partial charge is 0.373 e. The summed E-state index contributed by atoms with van der Waals surface area (Å²) in [5, 5.41) is 0. The van der Waals surface area contributed by atoms with Gasteiger partial charge in [-0.05, 0) is 54.4 Å². The van der Waals surface area contributed by atoms with Crippen LogP contribution in [0.4, 0.5) is 0 Å². The molecule has 0 aliphatic rings. The number of rotatable bonds is 18. The Hall–Kier alpha value is -3.54. The molecule has 2 aromatic rings. The first kappa shape index (κ1) is 36.5. The normalized spacial score (nSPS) is 11.5. The predicted octanol–water partition coefficient (Wildman–Crippen LogP) is 8.87. The van der Waals surface area contributed by atoms with Gasteiger partial charge in [0.25, 0.3) is 0 Å². The van der Waals surface area contributed by atoms with Gasteiger partial charge in [-0.15, -0.1) is 0 Å². The Morgan fingerprint density at radius 1 is 0.643 bits per heavy atom. The second-order valence-corrected chi connectivity index (χ2v) is 10.6. The molecule has 0 aromatic heterocycles. The molecule has 232 valence electrons. The van der Waals surface area contributed by atoms with Gasteiger partial charge in [-0.25, -0.2) is 9.59 Å². The van der Waals surface area contributed by atoms with E-state index in [0.717, 1.165) is 48.6 Å². The van der Waals surface area contributed by atoms with Gasteiger partial charge in [0.15, 0.2) is 0 Å². The maximum Gasteiger partial charge on any atom is 0.373 e. The first-order valence-electron chi connectivity index (χ1n) is 15.3. The molecule has 42 heavy (non-hydrogen) atoms. The van der Waals surface area contributed by atoms with Crippen molar-refractivity contribution in [3.05, 3.63) is 83.3 Å². The predicted molar refractivity (Wildman–Crippen MR) is 171 cm³/mol. The topological polar surface area (TPSA) is 71.1 Å². The molecule has 0 bridgehead atoms. The highest BCUT2D eigenvalue weighted by atomic mass is 16.6. The Morgan fingerprint density at radius 2 is 1.10 bits per heavy atom. The Kier molecular flexibility index (Phi) is 20.0. The van der Waals surface area contributed by atoms with E-state index in [-0.39, 0.29) is 11.5 Å². The largest absolute Gasteiger partial charge is 0.490 e. The Bertz CT molecular complexity index is 1040. The van der Waals surface area contributed by atoms with E-state index in [1.54, 1.807) is 12.2 Å². The summed E-state index contributed by atoms with van der Waals surface area (Å²) >= 11 is 0. The maximum absolute atomic E-state index is 11.9. The van der Waals surface area contributed by atoms with Gasteiger partial charge in [0, 0.05) is 0 Å². The zero-order valence-corrected chi connectivity index (χ0v) is 26.6. The van der Waals surface area contributed by atoms with Gasteiger partial charge in [0.1, 0.15) is 0 Å². The van der Waals surface area contributed by atoms with Crippen molar-refractivity contribution in [2.24, 2.45) is 11.8 Å². The fourth-order valence-corrected chi connectivity index (χ4v) is 4.18. The third-order valence-electron chi connectivity index (χ3n) is 6.84. The second kappa shape index (κ2) is 23.1. The van der Waals surface area contributed by atoms with Crippen molar-refractivity contribution >= 4 is 24.1 Å². The number of ether oxygens (including phenoxy) is 4. The molecule has 0 amide bonds. The van der Waals surface area contributed by atoms with Crippen molar-refractivity contribution in [1.29, 1.82) is 0 Å². The van der Waals surface area contributed by atoms with Crippen LogP contribution in [0.15, 0.2) is 72.2 Å². The molecule has 6 heteroatoms. The number of esters is 2. The van der Waals surface area contributed by atoms with Crippen LogP contribution in [-0.2, 0) is 28.5 Å². The van der Waals surface area contributed by atoms with E-state index in [1.165, 1.54) is 39.9 Å². The molecule has 0 unspecified atom stereocenters. The molecule has 6 nitrogen and oxygen atoms in total. The molecule has 0 heterocycles. The molecule has 0 saturated carbocycles. The van der Waals surface area contributed by atoms with Crippen LogP contribution in [0.25, 0.3) is 12.2 Å². The third-order valence-corrected chi connectivity index (χ3v) is 6.84. The van der Waals surface area contributed by atoms with Crippen LogP contribution in [0, 0.1) is 11.8 Å². The number of hydrogen-bond donors (Lipinski definition) is 0. The number of carbonyl (C=O) groups excluding carboxylic acids is 2. The first-order chi connectivity index (χ1) is 20.3. The second-order valence-electron chi connectivity index (χ2n) is 10.6. The van der Waals surface area contributed by atoms with E-state index in [9.17, 15) is 9.59 Å². The van der Waals surface area contributed by atoms with Gasteiger partial charge in [-0.1, -0.05) is 120 Å². The number of unbranched alkanes of at least 4 members (excludes halogenated alkanes) is 2. The molecule has 0 radical (unpaired) electrons. The Morgan fingerprint density at radius 3 is 1.50 bits per heavy atom. The molecule has 0 aliphatic heterocycles. The van der Waals surface area contributed by atoms with E-state index in [4.69, 9.17) is 18.9 Å². The van der Waals surface area contributed by atoms with Crippen LogP contribution in [-0.4, -0.2) is 39.4 Å². The van der Waals surface area contributed by atoms with Crippen LogP contribution < -0.4 is 0 Å². The minimum atomic E-state index is -0.398. The van der Waals surface area contributed by atoms with Crippen molar-refractivity contribution in [3.63, 3.8) is 0 Å². The van der Waals surface area contributed by atoms with E-state index < -0.39 is 11.9 Å². The lowest BCUT2D eigenvalue weighted by molar-refractivity contribution is -0.143. The first-order valence-corrected chi connectivity index (χ1v) is 15.3. The number of benzene rings is 2. The van der Waals surface area contributed by atoms with Crippen molar-refractivity contribution < 1.29 is 28.5 Å². The maximum atomic E-state index is 11.9. The molecule has 0 aliphatic carbocycles. The number of hydrogen-bond acceptors (Lipinski definition) is 6. The number of carbonyl (C=O) groups is 2. The van der Waals surface area contributed by atoms with E-state index in [2.05, 4.69) is 27.7 Å². The molecule has 0 atom stereocenters. The summed E-state index contributed by atoms with van der Waals surface area (Å²) in [6.45, 7) is 9.74. The summed E-state index contributed by atoms with van der Waals surface area (Å²) in [5.74, 6) is 1.15. The molecule has 2 aromatic carbocycles. The van der Waals surface area contributed by atoms with Crippen molar-refractivity contribution in [2.45, 2.75) is 79.1 Å². The Balaban J connectivity index is 0.000000420. The summed E-state index contributed by atoms with van der Waals surface area (Å²) in [7, 11) is 2.97. The lowest BCUT2D eigenvalue weighted by atomic mass is 9.98. The highest BCUT2D eigenvalue weighted by Crippen LogP contribution is 2.15. The quantitative estimate of drug-likeness (QED) is 0.0759. The summed E-state index contributed by atoms with van der Waals surface area (Å²) in [6.07, 6.45) is 12.2. The molecule has 0 N–H and O–H groups in total. The minimum Gasteiger partial charge on any atom is -0.490 e. The SMILES string of the molecule is CCC(CC)CCCOC(=O)C(=Cc1ccccc1)OC.COC(=Cc1ccccc1)C(=O)OCCCCCC(C)C. The van der Waals surface area contributed by atoms with Gasteiger partial charge >= 0.3 is 11.9 Å².